The third kappa shape index (κ3) is 6.64. The topological polar surface area (TPSA) is 117 Å². The molecule has 48 heavy (non-hydrogen) atoms. The lowest BCUT2D eigenvalue weighted by molar-refractivity contribution is -0.142. The van der Waals surface area contributed by atoms with Gasteiger partial charge in [-0.25, -0.2) is 9.37 Å². The zero-order valence-corrected chi connectivity index (χ0v) is 28.0. The maximum Gasteiger partial charge on any atom is 0.320 e. The van der Waals surface area contributed by atoms with Crippen molar-refractivity contribution in [2.75, 3.05) is 33.9 Å². The molecule has 2 N–H and O–H groups in total. The van der Waals surface area contributed by atoms with Gasteiger partial charge in [0.15, 0.2) is 0 Å². The van der Waals surface area contributed by atoms with Crippen LogP contribution < -0.4 is 14.8 Å². The number of rotatable bonds is 11. The number of benzene rings is 1. The van der Waals surface area contributed by atoms with Crippen molar-refractivity contribution >= 4 is 40.7 Å². The molecule has 2 fully saturated rings. The second kappa shape index (κ2) is 14.2. The van der Waals surface area contributed by atoms with Gasteiger partial charge in [-0.2, -0.15) is 0 Å². The van der Waals surface area contributed by atoms with Gasteiger partial charge < -0.3 is 19.9 Å². The highest BCUT2D eigenvalue weighted by atomic mass is 35.5. The number of carboxylic acids is 1. The standard InChI is InChI=1S/C35H36Cl2FN5O5/c1-47-29-15-27(39-16-22(29)18-43-14-6-10-28(43)34(45)46)32(44)41-35(13-5-8-25(31(35)37)24-7-3-4-9-26(24)36)30-12-11-21(33(40-30)48-2)17-42-19-23(38)20-42/h3-5,7-9,11-13,15-16,23,28,31H,6,10,14,17-20H2,1-2H3,(H,41,44)(H,45,46)/t28-,31?,35?/m0/s1. The average Bonchev–Trinajstić information content (AvgIpc) is 3.54. The average molecular weight is 697 g/mol. The van der Waals surface area contributed by atoms with E-state index in [1.165, 1.54) is 26.5 Å². The number of nitrogens with one attached hydrogen (secondary N) is 1. The van der Waals surface area contributed by atoms with Crippen LogP contribution in [0.2, 0.25) is 5.02 Å². The van der Waals surface area contributed by atoms with Gasteiger partial charge in [0.05, 0.1) is 25.3 Å². The van der Waals surface area contributed by atoms with Gasteiger partial charge in [-0.1, -0.05) is 54.1 Å². The monoisotopic (exact) mass is 695 g/mol. The van der Waals surface area contributed by atoms with Crippen molar-refractivity contribution in [3.8, 4) is 11.6 Å². The number of carbonyl (C=O) groups excluding carboxylic acids is 1. The third-order valence-corrected chi connectivity index (χ3v) is 10.0. The Kier molecular flexibility index (Phi) is 10.0. The Bertz CT molecular complexity index is 1770. The van der Waals surface area contributed by atoms with E-state index in [9.17, 15) is 19.1 Å². The van der Waals surface area contributed by atoms with Crippen LogP contribution in [0.15, 0.2) is 66.9 Å². The van der Waals surface area contributed by atoms with Crippen molar-refractivity contribution in [2.45, 2.75) is 49.1 Å². The molecule has 0 radical (unpaired) electrons. The molecule has 252 valence electrons. The summed E-state index contributed by atoms with van der Waals surface area (Å²) in [5.41, 5.74) is 1.91. The molecule has 3 aliphatic rings. The van der Waals surface area contributed by atoms with Crippen molar-refractivity contribution in [3.63, 3.8) is 0 Å². The summed E-state index contributed by atoms with van der Waals surface area (Å²) in [6.45, 7) is 2.10. The SMILES string of the molecule is COc1cc(C(=O)NC2(c3ccc(CN4CC(F)C4)c(OC)n3)C=CC=C(c3ccccc3Cl)C2Cl)ncc1CN1CCC[C@H]1C(=O)O. The van der Waals surface area contributed by atoms with Crippen LogP contribution in [0.1, 0.15) is 45.7 Å². The molecule has 0 bridgehead atoms. The van der Waals surface area contributed by atoms with E-state index in [4.69, 9.17) is 37.7 Å². The van der Waals surface area contributed by atoms with Crippen molar-refractivity contribution in [1.29, 1.82) is 0 Å². The summed E-state index contributed by atoms with van der Waals surface area (Å²) < 4.78 is 24.8. The first kappa shape index (κ1) is 33.9. The molecule has 1 aromatic carbocycles. The minimum atomic E-state index is -1.38. The molecule has 4 heterocycles. The quantitative estimate of drug-likeness (QED) is 0.260. The molecular weight excluding hydrogens is 660 g/mol. The normalized spacial score (nSPS) is 23.0. The Morgan fingerprint density at radius 1 is 1.12 bits per heavy atom. The van der Waals surface area contributed by atoms with Crippen LogP contribution in [0.5, 0.6) is 11.6 Å². The number of methoxy groups -OCH3 is 2. The second-order valence-electron chi connectivity index (χ2n) is 12.2. The summed E-state index contributed by atoms with van der Waals surface area (Å²) in [6, 6.07) is 11.9. The fourth-order valence-electron chi connectivity index (χ4n) is 6.56. The highest BCUT2D eigenvalue weighted by Crippen LogP contribution is 2.43. The first-order valence-corrected chi connectivity index (χ1v) is 16.5. The minimum Gasteiger partial charge on any atom is -0.496 e. The van der Waals surface area contributed by atoms with Crippen LogP contribution in [0.3, 0.4) is 0 Å². The second-order valence-corrected chi connectivity index (χ2v) is 13.0. The Morgan fingerprint density at radius 2 is 1.92 bits per heavy atom. The number of carboxylic acid groups (broad SMARTS) is 1. The zero-order valence-electron chi connectivity index (χ0n) is 26.5. The molecule has 2 saturated heterocycles. The number of amides is 1. The summed E-state index contributed by atoms with van der Waals surface area (Å²) in [4.78, 5) is 39.0. The molecular formula is C35H36Cl2FN5O5. The van der Waals surface area contributed by atoms with E-state index in [1.54, 1.807) is 24.3 Å². The van der Waals surface area contributed by atoms with Gasteiger partial charge in [0.25, 0.3) is 5.91 Å². The number of aliphatic carboxylic acids is 1. The molecule has 2 aliphatic heterocycles. The zero-order chi connectivity index (χ0) is 34.0. The smallest absolute Gasteiger partial charge is 0.320 e. The first-order valence-electron chi connectivity index (χ1n) is 15.6. The third-order valence-electron chi connectivity index (χ3n) is 9.09. The summed E-state index contributed by atoms with van der Waals surface area (Å²) >= 11 is 13.9. The van der Waals surface area contributed by atoms with Crippen molar-refractivity contribution < 1.29 is 28.6 Å². The molecule has 1 aliphatic carbocycles. The number of likely N-dealkylation sites (tertiary alicyclic amines) is 2. The Labute approximate surface area is 288 Å². The van der Waals surface area contributed by atoms with Gasteiger partial charge in [0, 0.05) is 54.6 Å². The van der Waals surface area contributed by atoms with Crippen molar-refractivity contribution in [3.05, 3.63) is 100.0 Å². The number of halogens is 3. The molecule has 13 heteroatoms. The van der Waals surface area contributed by atoms with E-state index in [1.807, 2.05) is 40.1 Å². The lowest BCUT2D eigenvalue weighted by Gasteiger charge is -2.39. The summed E-state index contributed by atoms with van der Waals surface area (Å²) in [5, 5.41) is 12.4. The molecule has 3 aromatic rings. The number of aromatic nitrogens is 2. The summed E-state index contributed by atoms with van der Waals surface area (Å²) in [7, 11) is 3.00. The molecule has 6 rings (SSSR count). The maximum atomic E-state index is 14.1. The van der Waals surface area contributed by atoms with Crippen LogP contribution in [-0.2, 0) is 23.4 Å². The van der Waals surface area contributed by atoms with Gasteiger partial charge in [0.2, 0.25) is 5.88 Å². The number of alkyl halides is 2. The predicted octanol–water partition coefficient (Wildman–Crippen LogP) is 5.24. The maximum absolute atomic E-state index is 14.1. The van der Waals surface area contributed by atoms with Crippen LogP contribution in [0.4, 0.5) is 4.39 Å². The highest BCUT2D eigenvalue weighted by Gasteiger charge is 2.45. The van der Waals surface area contributed by atoms with E-state index in [-0.39, 0.29) is 5.69 Å². The largest absolute Gasteiger partial charge is 0.496 e. The molecule has 1 amide bonds. The Hall–Kier alpha value is -4.03. The number of hydrogen-bond donors (Lipinski definition) is 2. The Balaban J connectivity index is 1.35. The molecule has 10 nitrogen and oxygen atoms in total. The van der Waals surface area contributed by atoms with Crippen LogP contribution in [0, 0.1) is 0 Å². The number of pyridine rings is 2. The number of allylic oxidation sites excluding steroid dienone is 2. The minimum absolute atomic E-state index is 0.0689. The predicted molar refractivity (Wildman–Crippen MR) is 180 cm³/mol. The van der Waals surface area contributed by atoms with Gasteiger partial charge in [-0.3, -0.25) is 24.4 Å². The van der Waals surface area contributed by atoms with Gasteiger partial charge in [-0.05, 0) is 42.7 Å². The number of nitrogens with zero attached hydrogens (tertiary/aromatic N) is 4. The van der Waals surface area contributed by atoms with Crippen LogP contribution >= 0.6 is 23.2 Å². The van der Waals surface area contributed by atoms with E-state index in [2.05, 4.69) is 10.3 Å². The fraction of sp³-hybridized carbons (Fsp3) is 0.371. The van der Waals surface area contributed by atoms with Gasteiger partial charge in [0.1, 0.15) is 29.2 Å². The van der Waals surface area contributed by atoms with E-state index >= 15 is 0 Å². The van der Waals surface area contributed by atoms with E-state index in [0.717, 1.165) is 12.0 Å². The Morgan fingerprint density at radius 3 is 2.62 bits per heavy atom. The molecule has 0 saturated carbocycles. The van der Waals surface area contributed by atoms with E-state index in [0.29, 0.717) is 78.2 Å². The van der Waals surface area contributed by atoms with Crippen molar-refractivity contribution in [1.82, 2.24) is 25.1 Å². The molecule has 0 spiro atoms. The molecule has 2 unspecified atom stereocenters. The van der Waals surface area contributed by atoms with E-state index < -0.39 is 35.0 Å². The molecule has 3 atom stereocenters. The number of carbonyl (C=O) groups is 2. The fourth-order valence-corrected chi connectivity index (χ4v) is 7.24. The van der Waals surface area contributed by atoms with Crippen molar-refractivity contribution in [2.24, 2.45) is 0 Å². The number of hydrogen-bond acceptors (Lipinski definition) is 8. The number of ether oxygens (including phenoxy) is 2. The van der Waals surface area contributed by atoms with Crippen LogP contribution in [0.25, 0.3) is 5.57 Å². The first-order chi connectivity index (χ1) is 23.1. The molecule has 2 aromatic heterocycles. The van der Waals surface area contributed by atoms with Crippen LogP contribution in [-0.4, -0.2) is 88.2 Å². The van der Waals surface area contributed by atoms with Gasteiger partial charge in [-0.15, -0.1) is 11.6 Å². The summed E-state index contributed by atoms with van der Waals surface area (Å²) in [6.07, 6.45) is 7.47. The lowest BCUT2D eigenvalue weighted by atomic mass is 9.80. The lowest BCUT2D eigenvalue weighted by Crippen LogP contribution is -2.52. The summed E-state index contributed by atoms with van der Waals surface area (Å²) in [5.74, 6) is -0.668. The highest BCUT2D eigenvalue weighted by molar-refractivity contribution is 6.34. The van der Waals surface area contributed by atoms with Gasteiger partial charge >= 0.3 is 5.97 Å².